The van der Waals surface area contributed by atoms with Crippen LogP contribution in [0.15, 0.2) is 47.5 Å². The van der Waals surface area contributed by atoms with E-state index in [1.54, 1.807) is 34.6 Å². The summed E-state index contributed by atoms with van der Waals surface area (Å²) in [5.41, 5.74) is 2.31. The Morgan fingerprint density at radius 3 is 2.36 bits per heavy atom. The van der Waals surface area contributed by atoms with E-state index in [4.69, 9.17) is 0 Å². The van der Waals surface area contributed by atoms with E-state index < -0.39 is 15.8 Å². The largest absolute Gasteiger partial charge is 0.369 e. The van der Waals surface area contributed by atoms with Crippen LogP contribution in [0, 0.1) is 17.6 Å². The van der Waals surface area contributed by atoms with Gasteiger partial charge in [-0.1, -0.05) is 0 Å². The smallest absolute Gasteiger partial charge is 0.243 e. The van der Waals surface area contributed by atoms with Crippen LogP contribution in [0.5, 0.6) is 0 Å². The molecule has 45 heavy (non-hydrogen) atoms. The average molecular weight is 640 g/mol. The van der Waals surface area contributed by atoms with Gasteiger partial charge in [0.1, 0.15) is 11.5 Å². The van der Waals surface area contributed by atoms with Gasteiger partial charge in [-0.25, -0.2) is 27.2 Å². The lowest BCUT2D eigenvalue weighted by molar-refractivity contribution is 0.130. The Bertz CT molecular complexity index is 1600. The first-order chi connectivity index (χ1) is 21.6. The molecule has 4 heterocycles. The van der Waals surface area contributed by atoms with Crippen LogP contribution in [0.1, 0.15) is 38.7 Å². The van der Waals surface area contributed by atoms with E-state index in [0.29, 0.717) is 42.2 Å². The number of piperidine rings is 1. The molecule has 0 amide bonds. The Labute approximate surface area is 265 Å². The van der Waals surface area contributed by atoms with Gasteiger partial charge in [0.05, 0.1) is 11.1 Å². The molecule has 3 aliphatic heterocycles. The fourth-order valence-corrected chi connectivity index (χ4v) is 8.15. The van der Waals surface area contributed by atoms with Gasteiger partial charge in [0.2, 0.25) is 16.0 Å². The van der Waals surface area contributed by atoms with Gasteiger partial charge in [0.15, 0.2) is 5.82 Å². The monoisotopic (exact) mass is 639 g/mol. The summed E-state index contributed by atoms with van der Waals surface area (Å²) in [5.74, 6) is -0.211. The molecule has 0 radical (unpaired) electrons. The third kappa shape index (κ3) is 6.98. The van der Waals surface area contributed by atoms with Crippen molar-refractivity contribution in [1.29, 1.82) is 0 Å². The Kier molecular flexibility index (Phi) is 9.37. The van der Waals surface area contributed by atoms with Gasteiger partial charge in [-0.15, -0.1) is 0 Å². The zero-order valence-corrected chi connectivity index (χ0v) is 27.2. The number of hydrogen-bond acceptors (Lipinski definition) is 8. The van der Waals surface area contributed by atoms with Gasteiger partial charge in [-0.3, -0.25) is 0 Å². The van der Waals surface area contributed by atoms with Gasteiger partial charge < -0.3 is 20.0 Å². The highest BCUT2D eigenvalue weighted by Gasteiger charge is 2.30. The Hall–Kier alpha value is -3.19. The normalized spacial score (nSPS) is 19.2. The van der Waals surface area contributed by atoms with Crippen molar-refractivity contribution in [1.82, 2.24) is 24.1 Å². The molecule has 3 aromatic rings. The molecule has 0 saturated carbocycles. The zero-order chi connectivity index (χ0) is 31.7. The minimum absolute atomic E-state index is 0.00218. The van der Waals surface area contributed by atoms with Crippen LogP contribution in [0.25, 0.3) is 11.3 Å². The predicted octanol–water partition coefficient (Wildman–Crippen LogP) is 4.97. The minimum atomic E-state index is -3.63. The first-order valence-electron chi connectivity index (χ1n) is 16.0. The van der Waals surface area contributed by atoms with Gasteiger partial charge >= 0.3 is 0 Å². The first-order valence-corrected chi connectivity index (χ1v) is 17.4. The van der Waals surface area contributed by atoms with Crippen molar-refractivity contribution in [2.45, 2.75) is 50.5 Å². The second-order valence-corrected chi connectivity index (χ2v) is 14.8. The third-order valence-electron chi connectivity index (χ3n) is 9.38. The van der Waals surface area contributed by atoms with Gasteiger partial charge in [0.25, 0.3) is 0 Å². The number of aromatic nitrogens is 2. The van der Waals surface area contributed by atoms with Crippen molar-refractivity contribution < 1.29 is 17.2 Å². The molecular formula is C33H43F2N7O2S. The number of likely N-dealkylation sites (tertiary alicyclic amines) is 1. The van der Waals surface area contributed by atoms with E-state index in [9.17, 15) is 12.8 Å². The number of halogens is 2. The van der Waals surface area contributed by atoms with Crippen molar-refractivity contribution in [3.8, 4) is 11.3 Å². The highest BCUT2D eigenvalue weighted by molar-refractivity contribution is 7.89. The lowest BCUT2D eigenvalue weighted by Crippen LogP contribution is -2.50. The number of nitrogens with zero attached hydrogens (tertiary/aromatic N) is 6. The maximum Gasteiger partial charge on any atom is 0.243 e. The number of rotatable bonds is 8. The van der Waals surface area contributed by atoms with Crippen LogP contribution in [-0.4, -0.2) is 97.9 Å². The molecule has 3 aliphatic rings. The Morgan fingerprint density at radius 1 is 0.956 bits per heavy atom. The number of piperazine rings is 1. The summed E-state index contributed by atoms with van der Waals surface area (Å²) in [6.45, 7) is 10.6. The second kappa shape index (κ2) is 13.3. The zero-order valence-electron chi connectivity index (χ0n) is 26.3. The SMILES string of the molecule is CC(C)N1CCCc2c(F)cc(-c3nc(Nc4ccc(S(=O)(=O)N5CCN(CC6CCN(C)CC6)CC5)cc4)ncc3F)cc21. The number of anilines is 3. The van der Waals surface area contributed by atoms with Crippen LogP contribution in [0.4, 0.5) is 26.1 Å². The summed E-state index contributed by atoms with van der Waals surface area (Å²) >= 11 is 0. The van der Waals surface area contributed by atoms with Crippen LogP contribution in [0.3, 0.4) is 0 Å². The van der Waals surface area contributed by atoms with Gasteiger partial charge in [-0.2, -0.15) is 4.31 Å². The predicted molar refractivity (Wildman–Crippen MR) is 173 cm³/mol. The number of hydrogen-bond donors (Lipinski definition) is 1. The summed E-state index contributed by atoms with van der Waals surface area (Å²) in [6, 6.07) is 9.74. The van der Waals surface area contributed by atoms with Crippen molar-refractivity contribution in [2.24, 2.45) is 5.92 Å². The van der Waals surface area contributed by atoms with Crippen LogP contribution >= 0.6 is 0 Å². The fourth-order valence-electron chi connectivity index (χ4n) is 6.73. The first kappa shape index (κ1) is 31.8. The number of sulfonamides is 1. The van der Waals surface area contributed by atoms with Crippen LogP contribution in [0.2, 0.25) is 0 Å². The summed E-state index contributed by atoms with van der Waals surface area (Å²) in [4.78, 5) is 15.6. The molecule has 6 rings (SSSR count). The summed E-state index contributed by atoms with van der Waals surface area (Å²) in [6.07, 6.45) is 4.97. The molecule has 2 saturated heterocycles. The molecule has 2 aromatic carbocycles. The van der Waals surface area contributed by atoms with E-state index in [1.807, 2.05) is 0 Å². The molecule has 242 valence electrons. The molecule has 12 heteroatoms. The van der Waals surface area contributed by atoms with Gasteiger partial charge in [0, 0.05) is 67.8 Å². The molecule has 1 aromatic heterocycles. The lowest BCUT2D eigenvalue weighted by atomic mass is 9.96. The van der Waals surface area contributed by atoms with Crippen molar-refractivity contribution >= 4 is 27.3 Å². The van der Waals surface area contributed by atoms with Crippen molar-refractivity contribution in [3.63, 3.8) is 0 Å². The highest BCUT2D eigenvalue weighted by Crippen LogP contribution is 2.36. The van der Waals surface area contributed by atoms with Crippen molar-refractivity contribution in [2.75, 3.05) is 69.6 Å². The summed E-state index contributed by atoms with van der Waals surface area (Å²) < 4.78 is 58.5. The van der Waals surface area contributed by atoms with E-state index in [2.05, 4.69) is 50.9 Å². The molecule has 0 atom stereocenters. The highest BCUT2D eigenvalue weighted by atomic mass is 32.2. The topological polar surface area (TPSA) is 84.9 Å². The maximum atomic E-state index is 15.2. The van der Waals surface area contributed by atoms with E-state index >= 15 is 4.39 Å². The van der Waals surface area contributed by atoms with Crippen LogP contribution < -0.4 is 10.2 Å². The standard InChI is InChI=1S/C33H43F2N7O2S/c1-23(2)42-12-4-5-28-29(34)19-25(20-31(28)42)32-30(35)21-36-33(38-32)37-26-6-8-27(9-7-26)45(43,44)41-17-15-40(16-18-41)22-24-10-13-39(3)14-11-24/h6-9,19-21,23-24H,4-5,10-18,22H2,1-3H3,(H,36,37,38). The summed E-state index contributed by atoms with van der Waals surface area (Å²) in [7, 11) is -1.47. The number of fused-ring (bicyclic) bond motifs is 1. The van der Waals surface area contributed by atoms with Crippen molar-refractivity contribution in [3.05, 3.63) is 59.8 Å². The Morgan fingerprint density at radius 2 is 1.67 bits per heavy atom. The molecule has 2 fully saturated rings. The quantitative estimate of drug-likeness (QED) is 0.370. The molecule has 0 aliphatic carbocycles. The molecule has 0 spiro atoms. The molecule has 0 unspecified atom stereocenters. The molecule has 0 bridgehead atoms. The third-order valence-corrected chi connectivity index (χ3v) is 11.3. The molecule has 1 N–H and O–H groups in total. The van der Waals surface area contributed by atoms with E-state index in [0.717, 1.165) is 57.6 Å². The lowest BCUT2D eigenvalue weighted by Gasteiger charge is -2.37. The number of nitrogens with one attached hydrogen (secondary N) is 1. The molecular weight excluding hydrogens is 596 g/mol. The molecule has 9 nitrogen and oxygen atoms in total. The minimum Gasteiger partial charge on any atom is -0.369 e. The second-order valence-electron chi connectivity index (χ2n) is 12.8. The summed E-state index contributed by atoms with van der Waals surface area (Å²) in [5, 5.41) is 3.04. The van der Waals surface area contributed by atoms with E-state index in [-0.39, 0.29) is 28.4 Å². The van der Waals surface area contributed by atoms with E-state index in [1.165, 1.54) is 18.9 Å². The Balaban J connectivity index is 1.12. The number of benzene rings is 2. The fraction of sp³-hybridized carbons (Fsp3) is 0.515. The average Bonchev–Trinajstić information content (AvgIpc) is 3.03. The van der Waals surface area contributed by atoms with Crippen LogP contribution in [-0.2, 0) is 16.4 Å². The maximum absolute atomic E-state index is 15.2. The van der Waals surface area contributed by atoms with Gasteiger partial charge in [-0.05, 0) is 102 Å².